The summed E-state index contributed by atoms with van der Waals surface area (Å²) in [5, 5.41) is 2.85. The normalized spacial score (nSPS) is 14.9. The molecule has 7 heteroatoms. The Bertz CT molecular complexity index is 1380. The first-order chi connectivity index (χ1) is 18.9. The minimum Gasteiger partial charge on any atom is -0.484 e. The average Bonchev–Trinajstić information content (AvgIpc) is 3.21. The highest BCUT2D eigenvalue weighted by atomic mass is 16.5. The van der Waals surface area contributed by atoms with Crippen molar-refractivity contribution in [3.05, 3.63) is 118 Å². The molecule has 1 atom stereocenters. The first-order valence-electron chi connectivity index (χ1n) is 12.8. The maximum Gasteiger partial charge on any atom is 0.340 e. The molecule has 3 aromatic rings. The Morgan fingerprint density at radius 2 is 1.59 bits per heavy atom. The molecule has 1 N–H and O–H groups in total. The summed E-state index contributed by atoms with van der Waals surface area (Å²) in [4.78, 5) is 40.0. The Labute approximate surface area is 228 Å². The maximum absolute atomic E-state index is 13.5. The maximum atomic E-state index is 13.5. The number of carbonyl (C=O) groups is 3. The third-order valence-corrected chi connectivity index (χ3v) is 6.64. The summed E-state index contributed by atoms with van der Waals surface area (Å²) in [7, 11) is 1.30. The number of amides is 2. The molecule has 7 nitrogen and oxygen atoms in total. The monoisotopic (exact) mass is 524 g/mol. The van der Waals surface area contributed by atoms with Crippen LogP contribution in [0.15, 0.2) is 102 Å². The zero-order chi connectivity index (χ0) is 27.8. The summed E-state index contributed by atoms with van der Waals surface area (Å²) >= 11 is 0. The summed E-state index contributed by atoms with van der Waals surface area (Å²) in [6, 6.07) is 26.3. The van der Waals surface area contributed by atoms with Gasteiger partial charge in [0.1, 0.15) is 5.75 Å². The van der Waals surface area contributed by atoms with Crippen LogP contribution in [0.5, 0.6) is 5.75 Å². The van der Waals surface area contributed by atoms with Gasteiger partial charge in [0, 0.05) is 12.2 Å². The van der Waals surface area contributed by atoms with Gasteiger partial charge in [-0.05, 0) is 55.2 Å². The van der Waals surface area contributed by atoms with E-state index in [-0.39, 0.29) is 35.6 Å². The lowest BCUT2D eigenvalue weighted by Gasteiger charge is -2.26. The highest BCUT2D eigenvalue weighted by Gasteiger charge is 2.39. The van der Waals surface area contributed by atoms with E-state index in [9.17, 15) is 14.4 Å². The number of hydrogen-bond donors (Lipinski definition) is 1. The summed E-state index contributed by atoms with van der Waals surface area (Å²) < 4.78 is 10.6. The largest absolute Gasteiger partial charge is 0.484 e. The summed E-state index contributed by atoms with van der Waals surface area (Å²) in [6.45, 7) is 4.11. The molecule has 3 aromatic carbocycles. The highest BCUT2D eigenvalue weighted by Crippen LogP contribution is 2.37. The Hall–Kier alpha value is -4.65. The van der Waals surface area contributed by atoms with E-state index in [1.807, 2.05) is 67.6 Å². The zero-order valence-corrected chi connectivity index (χ0v) is 22.3. The zero-order valence-electron chi connectivity index (χ0n) is 22.3. The van der Waals surface area contributed by atoms with Crippen LogP contribution in [0.3, 0.4) is 0 Å². The first kappa shape index (κ1) is 27.4. The molecule has 0 saturated carbocycles. The fourth-order valence-electron chi connectivity index (χ4n) is 4.56. The van der Waals surface area contributed by atoms with Crippen LogP contribution in [0.2, 0.25) is 0 Å². The number of benzene rings is 3. The van der Waals surface area contributed by atoms with E-state index < -0.39 is 5.97 Å². The number of allylic oxidation sites excluding steroid dienone is 1. The highest BCUT2D eigenvalue weighted by molar-refractivity contribution is 6.16. The van der Waals surface area contributed by atoms with Crippen molar-refractivity contribution < 1.29 is 23.9 Å². The number of methoxy groups -OCH3 is 1. The molecule has 0 bridgehead atoms. The average molecular weight is 525 g/mol. The second kappa shape index (κ2) is 12.7. The lowest BCUT2D eigenvalue weighted by molar-refractivity contribution is -0.136. The van der Waals surface area contributed by atoms with Crippen LogP contribution in [0, 0.1) is 0 Å². The molecule has 0 aliphatic carbocycles. The predicted molar refractivity (Wildman–Crippen MR) is 149 cm³/mol. The van der Waals surface area contributed by atoms with Crippen molar-refractivity contribution in [1.82, 2.24) is 10.2 Å². The quantitative estimate of drug-likeness (QED) is 0.303. The van der Waals surface area contributed by atoms with Crippen molar-refractivity contribution in [2.24, 2.45) is 0 Å². The van der Waals surface area contributed by atoms with Gasteiger partial charge in [0.05, 0.1) is 24.3 Å². The Kier molecular flexibility index (Phi) is 8.94. The van der Waals surface area contributed by atoms with Crippen molar-refractivity contribution in [3.8, 4) is 5.75 Å². The molecule has 1 heterocycles. The van der Waals surface area contributed by atoms with E-state index in [1.54, 1.807) is 42.2 Å². The van der Waals surface area contributed by atoms with Gasteiger partial charge in [-0.3, -0.25) is 9.59 Å². The second-order valence-corrected chi connectivity index (χ2v) is 9.22. The third kappa shape index (κ3) is 6.62. The first-order valence-corrected chi connectivity index (χ1v) is 12.8. The molecule has 200 valence electrons. The van der Waals surface area contributed by atoms with E-state index in [0.29, 0.717) is 23.6 Å². The van der Waals surface area contributed by atoms with Gasteiger partial charge in [-0.1, -0.05) is 72.8 Å². The van der Waals surface area contributed by atoms with Gasteiger partial charge in [0.25, 0.3) is 11.8 Å². The van der Waals surface area contributed by atoms with Crippen LogP contribution in [0.4, 0.5) is 0 Å². The SMILES string of the molecule is COC(=O)C1=C(C)N([C@@H](C)c2ccccc2)C(=O)/C1=C\c1ccc(OCC(=O)NCCc2ccccc2)cc1. The molecule has 39 heavy (non-hydrogen) atoms. The smallest absolute Gasteiger partial charge is 0.340 e. The molecule has 0 radical (unpaired) electrons. The number of nitrogens with one attached hydrogen (secondary N) is 1. The molecular weight excluding hydrogens is 492 g/mol. The minimum atomic E-state index is -0.562. The molecule has 0 spiro atoms. The van der Waals surface area contributed by atoms with Crippen LogP contribution in [-0.2, 0) is 25.5 Å². The molecule has 1 aliphatic heterocycles. The van der Waals surface area contributed by atoms with Gasteiger partial charge >= 0.3 is 5.97 Å². The minimum absolute atomic E-state index is 0.103. The molecule has 0 unspecified atom stereocenters. The van der Waals surface area contributed by atoms with Gasteiger partial charge in [0.15, 0.2) is 6.61 Å². The van der Waals surface area contributed by atoms with Crippen molar-refractivity contribution in [3.63, 3.8) is 0 Å². The van der Waals surface area contributed by atoms with Gasteiger partial charge in [0.2, 0.25) is 0 Å². The topological polar surface area (TPSA) is 84.9 Å². The van der Waals surface area contributed by atoms with E-state index in [1.165, 1.54) is 7.11 Å². The molecule has 0 fully saturated rings. The summed E-state index contributed by atoms with van der Waals surface area (Å²) in [6.07, 6.45) is 2.42. The van der Waals surface area contributed by atoms with Crippen molar-refractivity contribution in [2.75, 3.05) is 20.3 Å². The Balaban J connectivity index is 1.42. The molecular formula is C32H32N2O5. The van der Waals surface area contributed by atoms with Crippen LogP contribution >= 0.6 is 0 Å². The molecule has 0 saturated heterocycles. The number of carbonyl (C=O) groups excluding carboxylic acids is 3. The van der Waals surface area contributed by atoms with E-state index in [4.69, 9.17) is 9.47 Å². The number of rotatable bonds is 10. The molecule has 4 rings (SSSR count). The Morgan fingerprint density at radius 1 is 0.949 bits per heavy atom. The molecule has 1 aliphatic rings. The van der Waals surface area contributed by atoms with Crippen molar-refractivity contribution in [2.45, 2.75) is 26.3 Å². The standard InChI is InChI=1S/C32H32N2O5/c1-22(26-12-8-5-9-13-26)34-23(2)30(32(37)38-3)28(31(34)36)20-25-14-16-27(17-15-25)39-21-29(35)33-19-18-24-10-6-4-7-11-24/h4-17,20,22H,18-19,21H2,1-3H3,(H,33,35)/b28-20-/t22-/m0/s1. The van der Waals surface area contributed by atoms with Crippen molar-refractivity contribution >= 4 is 23.9 Å². The van der Waals surface area contributed by atoms with Crippen LogP contribution in [0.25, 0.3) is 6.08 Å². The van der Waals surface area contributed by atoms with E-state index >= 15 is 0 Å². The van der Waals surface area contributed by atoms with Gasteiger partial charge in [-0.2, -0.15) is 0 Å². The lowest BCUT2D eigenvalue weighted by Crippen LogP contribution is -2.30. The summed E-state index contributed by atoms with van der Waals surface area (Å²) in [5.41, 5.74) is 3.89. The van der Waals surface area contributed by atoms with Crippen molar-refractivity contribution in [1.29, 1.82) is 0 Å². The molecule has 0 aromatic heterocycles. The van der Waals surface area contributed by atoms with Gasteiger partial charge < -0.3 is 19.7 Å². The van der Waals surface area contributed by atoms with E-state index in [2.05, 4.69) is 5.32 Å². The fraction of sp³-hybridized carbons (Fsp3) is 0.219. The van der Waals surface area contributed by atoms with E-state index in [0.717, 1.165) is 17.5 Å². The predicted octanol–water partition coefficient (Wildman–Crippen LogP) is 4.86. The second-order valence-electron chi connectivity index (χ2n) is 9.22. The van der Waals surface area contributed by atoms with Gasteiger partial charge in [-0.15, -0.1) is 0 Å². The number of esters is 1. The van der Waals surface area contributed by atoms with Gasteiger partial charge in [-0.25, -0.2) is 4.79 Å². The van der Waals surface area contributed by atoms with Crippen LogP contribution < -0.4 is 10.1 Å². The summed E-state index contributed by atoms with van der Waals surface area (Å²) in [5.74, 6) is -0.512. The number of hydrogen-bond acceptors (Lipinski definition) is 5. The Morgan fingerprint density at radius 3 is 2.23 bits per heavy atom. The van der Waals surface area contributed by atoms with Crippen LogP contribution in [0.1, 0.15) is 36.6 Å². The lowest BCUT2D eigenvalue weighted by atomic mass is 10.0. The van der Waals surface area contributed by atoms with Crippen LogP contribution in [-0.4, -0.2) is 42.9 Å². The fourth-order valence-corrected chi connectivity index (χ4v) is 4.56. The number of nitrogens with zero attached hydrogens (tertiary/aromatic N) is 1. The molecule has 2 amide bonds. The number of ether oxygens (including phenoxy) is 2. The third-order valence-electron chi connectivity index (χ3n) is 6.64.